The van der Waals surface area contributed by atoms with Crippen LogP contribution in [0.3, 0.4) is 0 Å². The van der Waals surface area contributed by atoms with Crippen molar-refractivity contribution in [1.82, 2.24) is 10.2 Å². The summed E-state index contributed by atoms with van der Waals surface area (Å²) in [5.41, 5.74) is -1.07. The van der Waals surface area contributed by atoms with Crippen LogP contribution in [0.4, 0.5) is 4.79 Å². The van der Waals surface area contributed by atoms with Gasteiger partial charge in [0.15, 0.2) is 0 Å². The zero-order chi connectivity index (χ0) is 16.0. The third-order valence-corrected chi connectivity index (χ3v) is 3.28. The molecule has 0 saturated carbocycles. The van der Waals surface area contributed by atoms with E-state index in [1.54, 1.807) is 0 Å². The summed E-state index contributed by atoms with van der Waals surface area (Å²) in [6.07, 6.45) is 0.0389. The van der Waals surface area contributed by atoms with Crippen molar-refractivity contribution in [2.75, 3.05) is 26.8 Å². The molecule has 9 heteroatoms. The van der Waals surface area contributed by atoms with E-state index in [2.05, 4.69) is 5.32 Å². The Labute approximate surface area is 121 Å². The molecule has 1 saturated heterocycles. The molecule has 1 atom stereocenters. The Hall–Kier alpha value is -1.87. The van der Waals surface area contributed by atoms with Crippen molar-refractivity contribution in [1.29, 1.82) is 0 Å². The Morgan fingerprint density at radius 2 is 1.86 bits per heavy atom. The third kappa shape index (κ3) is 5.56. The Bertz CT molecular complexity index is 406. The molecule has 0 unspecified atom stereocenters. The minimum absolute atomic E-state index is 0.0155. The molecule has 4 N–H and O–H groups in total. The predicted octanol–water partition coefficient (Wildman–Crippen LogP) is -0.903. The molecule has 1 rings (SSSR count). The maximum Gasteiger partial charge on any atom is 0.326 e. The van der Waals surface area contributed by atoms with E-state index in [0.29, 0.717) is 26.1 Å². The minimum atomic E-state index is -1.51. The van der Waals surface area contributed by atoms with Gasteiger partial charge >= 0.3 is 18.0 Å². The van der Waals surface area contributed by atoms with Crippen molar-refractivity contribution in [3.63, 3.8) is 0 Å². The largest absolute Gasteiger partial charge is 0.481 e. The Morgan fingerprint density at radius 1 is 1.29 bits per heavy atom. The van der Waals surface area contributed by atoms with Crippen LogP contribution in [0.15, 0.2) is 0 Å². The zero-order valence-electron chi connectivity index (χ0n) is 11.7. The number of nitrogens with zero attached hydrogens (tertiary/aromatic N) is 1. The third-order valence-electron chi connectivity index (χ3n) is 3.28. The number of aliphatic carboxylic acids is 2. The fourth-order valence-corrected chi connectivity index (χ4v) is 2.06. The number of likely N-dealkylation sites (N-methyl/N-ethyl adjacent to an activating group) is 1. The Balaban J connectivity index is 2.56. The lowest BCUT2D eigenvalue weighted by molar-refractivity contribution is -0.145. The highest BCUT2D eigenvalue weighted by Gasteiger charge is 2.33. The maximum absolute atomic E-state index is 11.9. The number of urea groups is 1. The molecule has 9 nitrogen and oxygen atoms in total. The SMILES string of the molecule is CN(CC1(O)CCOCC1)C(=O)N[C@H](CC(=O)O)C(=O)O. The number of aliphatic hydroxyl groups is 1. The molecule has 21 heavy (non-hydrogen) atoms. The first-order valence-corrected chi connectivity index (χ1v) is 6.50. The summed E-state index contributed by atoms with van der Waals surface area (Å²) in [5.74, 6) is -2.75. The first kappa shape index (κ1) is 17.2. The summed E-state index contributed by atoms with van der Waals surface area (Å²) in [5, 5.41) is 29.9. The van der Waals surface area contributed by atoms with Gasteiger partial charge in [0.25, 0.3) is 0 Å². The molecule has 120 valence electrons. The molecule has 0 aromatic carbocycles. The molecular weight excluding hydrogens is 284 g/mol. The summed E-state index contributed by atoms with van der Waals surface area (Å²) in [7, 11) is 1.41. The first-order valence-electron chi connectivity index (χ1n) is 6.50. The second-order valence-corrected chi connectivity index (χ2v) is 5.13. The van der Waals surface area contributed by atoms with Crippen LogP contribution in [0.1, 0.15) is 19.3 Å². The summed E-state index contributed by atoms with van der Waals surface area (Å²) in [6, 6.07) is -2.26. The highest BCUT2D eigenvalue weighted by molar-refractivity contribution is 5.86. The van der Waals surface area contributed by atoms with Gasteiger partial charge in [0, 0.05) is 33.1 Å². The normalized spacial score (nSPS) is 18.6. The lowest BCUT2D eigenvalue weighted by Gasteiger charge is -2.35. The van der Waals surface area contributed by atoms with Gasteiger partial charge in [0.1, 0.15) is 6.04 Å². The predicted molar refractivity (Wildman–Crippen MR) is 69.8 cm³/mol. The number of carboxylic acid groups (broad SMARTS) is 2. The summed E-state index contributed by atoms with van der Waals surface area (Å²) >= 11 is 0. The maximum atomic E-state index is 11.9. The Morgan fingerprint density at radius 3 is 2.33 bits per heavy atom. The van der Waals surface area contributed by atoms with Crippen molar-refractivity contribution in [2.45, 2.75) is 30.9 Å². The molecule has 1 aliphatic rings. The number of hydrogen-bond acceptors (Lipinski definition) is 5. The number of carbonyl (C=O) groups is 3. The second kappa shape index (κ2) is 7.23. The molecule has 1 heterocycles. The molecule has 1 fully saturated rings. The van der Waals surface area contributed by atoms with Crippen molar-refractivity contribution in [3.05, 3.63) is 0 Å². The van der Waals surface area contributed by atoms with Crippen LogP contribution in [-0.4, -0.2) is 76.6 Å². The summed E-state index contributed by atoms with van der Waals surface area (Å²) < 4.78 is 5.12. The molecule has 0 bridgehead atoms. The fraction of sp³-hybridized carbons (Fsp3) is 0.750. The zero-order valence-corrected chi connectivity index (χ0v) is 11.7. The average molecular weight is 304 g/mol. The van der Waals surface area contributed by atoms with E-state index in [4.69, 9.17) is 14.9 Å². The first-order chi connectivity index (χ1) is 9.73. The fourth-order valence-electron chi connectivity index (χ4n) is 2.06. The van der Waals surface area contributed by atoms with Crippen molar-refractivity contribution in [3.8, 4) is 0 Å². The minimum Gasteiger partial charge on any atom is -0.481 e. The van der Waals surface area contributed by atoms with Gasteiger partial charge in [-0.05, 0) is 0 Å². The van der Waals surface area contributed by atoms with Gasteiger partial charge in [0.05, 0.1) is 18.6 Å². The number of ether oxygens (including phenoxy) is 1. The van der Waals surface area contributed by atoms with Crippen molar-refractivity contribution in [2.24, 2.45) is 0 Å². The van der Waals surface area contributed by atoms with E-state index >= 15 is 0 Å². The van der Waals surface area contributed by atoms with Gasteiger partial charge in [-0.25, -0.2) is 9.59 Å². The number of carbonyl (C=O) groups excluding carboxylic acids is 1. The molecular formula is C12H20N2O7. The van der Waals surface area contributed by atoms with E-state index in [0.717, 1.165) is 4.90 Å². The van der Waals surface area contributed by atoms with Gasteiger partial charge in [-0.2, -0.15) is 0 Å². The van der Waals surface area contributed by atoms with Crippen LogP contribution in [-0.2, 0) is 14.3 Å². The van der Waals surface area contributed by atoms with E-state index < -0.39 is 36.0 Å². The van der Waals surface area contributed by atoms with E-state index in [9.17, 15) is 19.5 Å². The highest BCUT2D eigenvalue weighted by atomic mass is 16.5. The van der Waals surface area contributed by atoms with E-state index in [1.165, 1.54) is 7.05 Å². The molecule has 1 aliphatic heterocycles. The topological polar surface area (TPSA) is 136 Å². The lowest BCUT2D eigenvalue weighted by atomic mass is 9.94. The van der Waals surface area contributed by atoms with E-state index in [1.807, 2.05) is 0 Å². The van der Waals surface area contributed by atoms with Gasteiger partial charge < -0.3 is 30.3 Å². The number of nitrogens with one attached hydrogen (secondary N) is 1. The Kier molecular flexibility index (Phi) is 5.91. The number of rotatable bonds is 6. The van der Waals surface area contributed by atoms with Gasteiger partial charge in [-0.1, -0.05) is 0 Å². The van der Waals surface area contributed by atoms with Crippen LogP contribution in [0.5, 0.6) is 0 Å². The van der Waals surface area contributed by atoms with Gasteiger partial charge in [-0.15, -0.1) is 0 Å². The number of amides is 2. The van der Waals surface area contributed by atoms with Crippen LogP contribution in [0.25, 0.3) is 0 Å². The van der Waals surface area contributed by atoms with E-state index in [-0.39, 0.29) is 6.54 Å². The number of hydrogen-bond donors (Lipinski definition) is 4. The van der Waals surface area contributed by atoms with Gasteiger partial charge in [-0.3, -0.25) is 4.79 Å². The quantitative estimate of drug-likeness (QED) is 0.499. The van der Waals surface area contributed by atoms with Crippen molar-refractivity contribution < 1.29 is 34.4 Å². The molecule has 0 radical (unpaired) electrons. The van der Waals surface area contributed by atoms with Gasteiger partial charge in [0.2, 0.25) is 0 Å². The van der Waals surface area contributed by atoms with Crippen LogP contribution in [0, 0.1) is 0 Å². The smallest absolute Gasteiger partial charge is 0.326 e. The molecule has 2 amide bonds. The average Bonchev–Trinajstić information content (AvgIpc) is 2.37. The number of carboxylic acids is 2. The molecule has 0 spiro atoms. The van der Waals surface area contributed by atoms with Crippen LogP contribution >= 0.6 is 0 Å². The summed E-state index contributed by atoms with van der Waals surface area (Å²) in [6.45, 7) is 0.799. The second-order valence-electron chi connectivity index (χ2n) is 5.13. The summed E-state index contributed by atoms with van der Waals surface area (Å²) in [4.78, 5) is 34.4. The molecule has 0 aromatic rings. The lowest BCUT2D eigenvalue weighted by Crippen LogP contribution is -2.53. The van der Waals surface area contributed by atoms with Crippen LogP contribution in [0.2, 0.25) is 0 Å². The standard InChI is InChI=1S/C12H20N2O7/c1-14(7-12(20)2-4-21-5-3-12)11(19)13-8(10(17)18)6-9(15)16/h8,20H,2-7H2,1H3,(H,13,19)(H,15,16)(H,17,18)/t8-/m1/s1. The van der Waals surface area contributed by atoms with Crippen molar-refractivity contribution >= 4 is 18.0 Å². The molecule has 0 aromatic heterocycles. The van der Waals surface area contributed by atoms with Crippen LogP contribution < -0.4 is 5.32 Å². The highest BCUT2D eigenvalue weighted by Crippen LogP contribution is 2.21. The monoisotopic (exact) mass is 304 g/mol. The molecule has 0 aliphatic carbocycles.